The molecule has 0 spiro atoms. The molecular formula is C19H22N2O3. The summed E-state index contributed by atoms with van der Waals surface area (Å²) in [5.74, 6) is 0.852. The van der Waals surface area contributed by atoms with Gasteiger partial charge in [0, 0.05) is 12.1 Å². The van der Waals surface area contributed by atoms with Crippen LogP contribution in [0.1, 0.15) is 22.3 Å². The van der Waals surface area contributed by atoms with Gasteiger partial charge in [0.1, 0.15) is 19.0 Å². The molecule has 5 nitrogen and oxygen atoms in total. The molecule has 1 amide bonds. The van der Waals surface area contributed by atoms with Gasteiger partial charge in [0.15, 0.2) is 0 Å². The molecule has 3 rings (SSSR count). The highest BCUT2D eigenvalue weighted by Crippen LogP contribution is 2.29. The Balaban J connectivity index is 1.71. The van der Waals surface area contributed by atoms with Crippen molar-refractivity contribution in [1.29, 1.82) is 0 Å². The number of amides is 1. The van der Waals surface area contributed by atoms with Gasteiger partial charge >= 0.3 is 6.09 Å². The van der Waals surface area contributed by atoms with Crippen molar-refractivity contribution in [2.75, 3.05) is 13.2 Å². The minimum atomic E-state index is -0.328. The molecule has 0 saturated heterocycles. The molecule has 0 unspecified atom stereocenters. The van der Waals surface area contributed by atoms with E-state index in [4.69, 9.17) is 15.2 Å². The number of carbonyl (C=O) groups excluding carboxylic acids is 1. The third-order valence-electron chi connectivity index (χ3n) is 4.08. The second kappa shape index (κ2) is 7.36. The van der Waals surface area contributed by atoms with E-state index in [0.717, 1.165) is 28.0 Å². The minimum absolute atomic E-state index is 0.270. The van der Waals surface area contributed by atoms with Crippen molar-refractivity contribution in [2.24, 2.45) is 5.73 Å². The fourth-order valence-electron chi connectivity index (χ4n) is 2.88. The molecule has 0 radical (unpaired) electrons. The highest BCUT2D eigenvalue weighted by Gasteiger charge is 2.22. The van der Waals surface area contributed by atoms with Crippen molar-refractivity contribution >= 4 is 6.09 Å². The maximum Gasteiger partial charge on any atom is 0.410 e. The van der Waals surface area contributed by atoms with Gasteiger partial charge in [-0.1, -0.05) is 36.4 Å². The molecule has 126 valence electrons. The van der Waals surface area contributed by atoms with Crippen molar-refractivity contribution in [1.82, 2.24) is 4.90 Å². The van der Waals surface area contributed by atoms with E-state index in [1.54, 1.807) is 4.90 Å². The molecule has 0 fully saturated rings. The maximum atomic E-state index is 12.4. The number of rotatable bonds is 3. The number of carbonyl (C=O) groups is 1. The third kappa shape index (κ3) is 3.68. The van der Waals surface area contributed by atoms with Crippen LogP contribution in [-0.2, 0) is 24.4 Å². The van der Waals surface area contributed by atoms with Gasteiger partial charge in [-0.15, -0.1) is 0 Å². The van der Waals surface area contributed by atoms with Crippen LogP contribution >= 0.6 is 0 Å². The van der Waals surface area contributed by atoms with Gasteiger partial charge in [-0.25, -0.2) is 4.79 Å². The van der Waals surface area contributed by atoms with Gasteiger partial charge in [-0.2, -0.15) is 0 Å². The first-order chi connectivity index (χ1) is 11.7. The lowest BCUT2D eigenvalue weighted by atomic mass is 10.0. The number of hydrogen-bond donors (Lipinski definition) is 1. The van der Waals surface area contributed by atoms with Gasteiger partial charge < -0.3 is 20.1 Å². The van der Waals surface area contributed by atoms with Crippen LogP contribution in [0.3, 0.4) is 0 Å². The van der Waals surface area contributed by atoms with Gasteiger partial charge in [0.25, 0.3) is 0 Å². The molecule has 0 aromatic heterocycles. The Morgan fingerprint density at radius 3 is 2.79 bits per heavy atom. The molecule has 0 aliphatic carbocycles. The average Bonchev–Trinajstić information content (AvgIpc) is 2.83. The smallest absolute Gasteiger partial charge is 0.410 e. The van der Waals surface area contributed by atoms with E-state index in [2.05, 4.69) is 0 Å². The molecule has 2 N–H and O–H groups in total. The Hall–Kier alpha value is -2.53. The number of hydrogen-bond acceptors (Lipinski definition) is 4. The lowest BCUT2D eigenvalue weighted by molar-refractivity contribution is 0.0913. The van der Waals surface area contributed by atoms with Gasteiger partial charge in [0.2, 0.25) is 0 Å². The second-order valence-electron chi connectivity index (χ2n) is 5.92. The molecule has 1 aliphatic rings. The van der Waals surface area contributed by atoms with E-state index in [-0.39, 0.29) is 12.7 Å². The van der Waals surface area contributed by atoms with Crippen molar-refractivity contribution in [3.05, 3.63) is 64.7 Å². The van der Waals surface area contributed by atoms with Gasteiger partial charge in [0.05, 0.1) is 13.1 Å². The number of nitrogens with zero attached hydrogens (tertiary/aromatic N) is 1. The zero-order chi connectivity index (χ0) is 16.9. The van der Waals surface area contributed by atoms with Crippen LogP contribution in [-0.4, -0.2) is 24.1 Å². The monoisotopic (exact) mass is 326 g/mol. The first kappa shape index (κ1) is 16.3. The molecule has 0 bridgehead atoms. The predicted molar refractivity (Wildman–Crippen MR) is 91.6 cm³/mol. The van der Waals surface area contributed by atoms with E-state index >= 15 is 0 Å². The highest BCUT2D eigenvalue weighted by atomic mass is 16.6. The summed E-state index contributed by atoms with van der Waals surface area (Å²) in [6.45, 7) is 4.16. The Labute approximate surface area is 142 Å². The Kier molecular flexibility index (Phi) is 5.01. The quantitative estimate of drug-likeness (QED) is 0.942. The molecule has 5 heteroatoms. The van der Waals surface area contributed by atoms with Gasteiger partial charge in [-0.05, 0) is 29.7 Å². The number of fused-ring (bicyclic) bond motifs is 1. The lowest BCUT2D eigenvalue weighted by Gasteiger charge is -2.19. The van der Waals surface area contributed by atoms with Crippen LogP contribution in [0.5, 0.6) is 5.75 Å². The normalized spacial score (nSPS) is 13.7. The summed E-state index contributed by atoms with van der Waals surface area (Å²) in [4.78, 5) is 14.1. The molecular weight excluding hydrogens is 304 g/mol. The molecule has 2 aromatic carbocycles. The van der Waals surface area contributed by atoms with E-state index in [1.807, 2.05) is 49.4 Å². The SMILES string of the molecule is Cc1cc(CN)cc2c1OCCN(C(=O)OCc1ccccc1)C2. The first-order valence-corrected chi connectivity index (χ1v) is 8.08. The van der Waals surface area contributed by atoms with Crippen LogP contribution in [0.4, 0.5) is 4.79 Å². The summed E-state index contributed by atoms with van der Waals surface area (Å²) in [7, 11) is 0. The first-order valence-electron chi connectivity index (χ1n) is 8.08. The highest BCUT2D eigenvalue weighted by molar-refractivity contribution is 5.68. The van der Waals surface area contributed by atoms with E-state index < -0.39 is 0 Å². The summed E-state index contributed by atoms with van der Waals surface area (Å²) >= 11 is 0. The van der Waals surface area contributed by atoms with Crippen LogP contribution in [0.25, 0.3) is 0 Å². The Bertz CT molecular complexity index is 716. The molecule has 1 heterocycles. The third-order valence-corrected chi connectivity index (χ3v) is 4.08. The van der Waals surface area contributed by atoms with Crippen molar-refractivity contribution < 1.29 is 14.3 Å². The van der Waals surface area contributed by atoms with Crippen molar-refractivity contribution in [2.45, 2.75) is 26.6 Å². The van der Waals surface area contributed by atoms with Crippen LogP contribution in [0.2, 0.25) is 0 Å². The topological polar surface area (TPSA) is 64.8 Å². The largest absolute Gasteiger partial charge is 0.491 e. The lowest BCUT2D eigenvalue weighted by Crippen LogP contribution is -2.32. The van der Waals surface area contributed by atoms with E-state index in [9.17, 15) is 4.79 Å². The molecule has 1 aliphatic heterocycles. The molecule has 2 aromatic rings. The van der Waals surface area contributed by atoms with Crippen LogP contribution in [0.15, 0.2) is 42.5 Å². The molecule has 0 atom stereocenters. The summed E-state index contributed by atoms with van der Waals surface area (Å²) < 4.78 is 11.3. The Morgan fingerprint density at radius 1 is 1.25 bits per heavy atom. The van der Waals surface area contributed by atoms with Crippen molar-refractivity contribution in [3.63, 3.8) is 0 Å². The zero-order valence-corrected chi connectivity index (χ0v) is 13.8. The van der Waals surface area contributed by atoms with E-state index in [0.29, 0.717) is 26.2 Å². The van der Waals surface area contributed by atoms with Gasteiger partial charge in [-0.3, -0.25) is 0 Å². The average molecular weight is 326 g/mol. The summed E-state index contributed by atoms with van der Waals surface area (Å²) in [6.07, 6.45) is -0.328. The maximum absolute atomic E-state index is 12.4. The minimum Gasteiger partial charge on any atom is -0.491 e. The fraction of sp³-hybridized carbons (Fsp3) is 0.316. The number of nitrogens with two attached hydrogens (primary N) is 1. The predicted octanol–water partition coefficient (Wildman–Crippen LogP) is 2.98. The summed E-state index contributed by atoms with van der Waals surface area (Å²) in [5, 5.41) is 0. The summed E-state index contributed by atoms with van der Waals surface area (Å²) in [6, 6.07) is 13.7. The van der Waals surface area contributed by atoms with E-state index in [1.165, 1.54) is 0 Å². The van der Waals surface area contributed by atoms with Crippen LogP contribution in [0, 0.1) is 6.92 Å². The number of benzene rings is 2. The fourth-order valence-corrected chi connectivity index (χ4v) is 2.88. The number of aryl methyl sites for hydroxylation is 1. The van der Waals surface area contributed by atoms with Crippen LogP contribution < -0.4 is 10.5 Å². The molecule has 0 saturated carbocycles. The Morgan fingerprint density at radius 2 is 2.04 bits per heavy atom. The standard InChI is InChI=1S/C19H22N2O3/c1-14-9-16(11-20)10-17-12-21(7-8-23-18(14)17)19(22)24-13-15-5-3-2-4-6-15/h2-6,9-10H,7-8,11-13,20H2,1H3. The summed E-state index contributed by atoms with van der Waals surface area (Å²) in [5.41, 5.74) is 9.78. The van der Waals surface area contributed by atoms with Crippen molar-refractivity contribution in [3.8, 4) is 5.75 Å². The molecule has 24 heavy (non-hydrogen) atoms. The zero-order valence-electron chi connectivity index (χ0n) is 13.8. The number of ether oxygens (including phenoxy) is 2. The second-order valence-corrected chi connectivity index (χ2v) is 5.92.